The Kier molecular flexibility index (Phi) is 13.5. The van der Waals surface area contributed by atoms with Crippen LogP contribution in [0.4, 0.5) is 5.82 Å². The van der Waals surface area contributed by atoms with Gasteiger partial charge in [-0.1, -0.05) is 0 Å². The molecule has 0 spiro atoms. The van der Waals surface area contributed by atoms with Crippen molar-refractivity contribution in [1.82, 2.24) is 9.55 Å². The summed E-state index contributed by atoms with van der Waals surface area (Å²) in [5.74, 6) is 0.132. The second-order valence-corrected chi connectivity index (χ2v) is 4.14. The topological polar surface area (TPSA) is 159 Å². The number of imidazole rings is 1. The summed E-state index contributed by atoms with van der Waals surface area (Å²) in [5, 5.41) is 10.5. The van der Waals surface area contributed by atoms with Crippen LogP contribution < -0.4 is 0 Å². The van der Waals surface area contributed by atoms with Gasteiger partial charge in [-0.15, -0.1) is 0 Å². The Hall–Kier alpha value is 0.680. The Morgan fingerprint density at radius 1 is 1.53 bits per heavy atom. The predicted octanol–water partition coefficient (Wildman–Crippen LogP) is -1.38. The van der Waals surface area contributed by atoms with Gasteiger partial charge in [0.15, 0.2) is 5.82 Å². The fraction of sp³-hybridized carbons (Fsp3) is 0.500. The Bertz CT molecular complexity index is 448. The molecule has 13 heteroatoms. The smallest absolute Gasteiger partial charge is 0.412 e. The predicted molar refractivity (Wildman–Crippen MR) is 66.7 cm³/mol. The van der Waals surface area contributed by atoms with E-state index in [1.807, 2.05) is 0 Å². The number of hydrogen-bond donors (Lipinski definition) is 2. The number of aryl methyl sites for hydroxylation is 1. The molecule has 1 heterocycles. The summed E-state index contributed by atoms with van der Waals surface area (Å²) in [5.41, 5.74) is 0. The fourth-order valence-corrected chi connectivity index (χ4v) is 1.45. The number of rotatable bonds is 5. The van der Waals surface area contributed by atoms with E-state index in [9.17, 15) is 14.7 Å². The van der Waals surface area contributed by atoms with Crippen LogP contribution in [0.3, 0.4) is 0 Å². The minimum absolute atomic E-state index is 0. The number of phosphoric acid groups is 1. The Labute approximate surface area is 152 Å². The Morgan fingerprint density at radius 3 is 2.47 bits per heavy atom. The zero-order valence-electron chi connectivity index (χ0n) is 10.8. The second kappa shape index (κ2) is 10.4. The van der Waals surface area contributed by atoms with Gasteiger partial charge in [0.05, 0.1) is 6.61 Å². The quantitative estimate of drug-likeness (QED) is 0.293. The van der Waals surface area contributed by atoms with Crippen LogP contribution >= 0.6 is 7.82 Å². The van der Waals surface area contributed by atoms with Crippen molar-refractivity contribution in [1.29, 1.82) is 0 Å². The summed E-state index contributed by atoms with van der Waals surface area (Å²) in [7, 11) is -4.54. The summed E-state index contributed by atoms with van der Waals surface area (Å²) < 4.78 is 15.8. The minimum Gasteiger partial charge on any atom is -0.412 e. The van der Waals surface area contributed by atoms with Gasteiger partial charge < -0.3 is 25.4 Å². The van der Waals surface area contributed by atoms with Crippen LogP contribution in [-0.2, 0) is 15.6 Å². The van der Waals surface area contributed by atoms with Gasteiger partial charge in [0.25, 0.3) is 0 Å². The van der Waals surface area contributed by atoms with E-state index in [-0.39, 0.29) is 83.6 Å². The molecule has 4 N–H and O–H groups in total. The molecule has 0 aliphatic rings. The normalized spacial score (nSPS) is 9.84. The van der Waals surface area contributed by atoms with Crippen molar-refractivity contribution >= 4 is 72.8 Å². The molecular formula is C6H12N3Na2O7P. The first-order valence-corrected chi connectivity index (χ1v) is 5.71. The van der Waals surface area contributed by atoms with Gasteiger partial charge in [-0.3, -0.25) is 4.52 Å². The number of nitro groups is 1. The molecule has 0 aliphatic heterocycles. The summed E-state index contributed by atoms with van der Waals surface area (Å²) in [6, 6.07) is 0. The molecule has 0 saturated heterocycles. The van der Waals surface area contributed by atoms with Crippen LogP contribution in [-0.4, -0.2) is 95.5 Å². The third-order valence-corrected chi connectivity index (χ3v) is 2.31. The van der Waals surface area contributed by atoms with E-state index < -0.39 is 12.7 Å². The zero-order valence-corrected chi connectivity index (χ0v) is 15.7. The van der Waals surface area contributed by atoms with Crippen molar-refractivity contribution in [3.05, 3.63) is 22.1 Å². The van der Waals surface area contributed by atoms with E-state index in [1.165, 1.54) is 4.57 Å². The first-order valence-electron chi connectivity index (χ1n) is 4.18. The van der Waals surface area contributed by atoms with Crippen molar-refractivity contribution in [2.45, 2.75) is 13.5 Å². The molecule has 0 aliphatic carbocycles. The largest absolute Gasteiger partial charge is 0.469 e. The van der Waals surface area contributed by atoms with Gasteiger partial charge >= 0.3 is 13.6 Å². The first-order chi connectivity index (χ1) is 7.31. The molecule has 0 aromatic carbocycles. The molecule has 10 nitrogen and oxygen atoms in total. The van der Waals surface area contributed by atoms with Crippen LogP contribution in [0.15, 0.2) is 6.20 Å². The van der Waals surface area contributed by atoms with Crippen LogP contribution in [0, 0.1) is 17.0 Å². The van der Waals surface area contributed by atoms with Gasteiger partial charge in [-0.05, 0) is 4.92 Å². The van der Waals surface area contributed by atoms with Crippen LogP contribution in [0.1, 0.15) is 5.82 Å². The maximum absolute atomic E-state index is 10.5. The number of phosphoric ester groups is 1. The molecule has 0 saturated carbocycles. The maximum Gasteiger partial charge on any atom is 0.469 e. The van der Waals surface area contributed by atoms with Crippen LogP contribution in [0.25, 0.3) is 0 Å². The third kappa shape index (κ3) is 8.53. The third-order valence-electron chi connectivity index (χ3n) is 1.80. The second-order valence-electron chi connectivity index (χ2n) is 2.90. The average molecular weight is 315 g/mol. The number of nitrogens with zero attached hydrogens (tertiary/aromatic N) is 3. The van der Waals surface area contributed by atoms with Crippen molar-refractivity contribution in [3.63, 3.8) is 0 Å². The van der Waals surface area contributed by atoms with E-state index in [0.29, 0.717) is 5.82 Å². The van der Waals surface area contributed by atoms with Gasteiger partial charge in [0.2, 0.25) is 0 Å². The molecule has 0 bridgehead atoms. The molecule has 1 aromatic rings. The van der Waals surface area contributed by atoms with E-state index >= 15 is 0 Å². The molecule has 2 radical (unpaired) electrons. The minimum atomic E-state index is -4.54. The van der Waals surface area contributed by atoms with Crippen molar-refractivity contribution in [2.75, 3.05) is 6.61 Å². The van der Waals surface area contributed by atoms with E-state index in [2.05, 4.69) is 9.51 Å². The van der Waals surface area contributed by atoms with E-state index in [4.69, 9.17) is 9.79 Å². The van der Waals surface area contributed by atoms with Crippen molar-refractivity contribution in [3.8, 4) is 0 Å². The SMILES string of the molecule is Cc1ncc([N+](=O)[O-])n1CCOP(=O)(O)O.O.[Na].[Na]. The van der Waals surface area contributed by atoms with Gasteiger partial charge in [-0.2, -0.15) is 0 Å². The molecule has 1 aromatic heterocycles. The van der Waals surface area contributed by atoms with E-state index in [1.54, 1.807) is 6.92 Å². The molecule has 1 rings (SSSR count). The molecule has 0 atom stereocenters. The summed E-state index contributed by atoms with van der Waals surface area (Å²) >= 11 is 0. The van der Waals surface area contributed by atoms with Crippen molar-refractivity contribution in [2.24, 2.45) is 0 Å². The number of hydrogen-bond acceptors (Lipinski definition) is 5. The average Bonchev–Trinajstić information content (AvgIpc) is 2.46. The standard InChI is InChI=1S/C6H10N3O6P.2Na.H2O/c1-5-7-4-6(9(10)11)8(5)2-3-15-16(12,13)14;;;/h4H,2-3H2,1H3,(H2,12,13,14);;;1H2. The van der Waals surface area contributed by atoms with Crippen LogP contribution in [0.5, 0.6) is 0 Å². The first kappa shape index (κ1) is 24.7. The van der Waals surface area contributed by atoms with Crippen LogP contribution in [0.2, 0.25) is 0 Å². The summed E-state index contributed by atoms with van der Waals surface area (Å²) in [6.45, 7) is 1.17. The fourth-order valence-electron chi connectivity index (χ4n) is 1.13. The zero-order chi connectivity index (χ0) is 12.3. The maximum atomic E-state index is 10.5. The van der Waals surface area contributed by atoms with Gasteiger partial charge in [0, 0.05) is 66.0 Å². The monoisotopic (exact) mass is 315 g/mol. The summed E-state index contributed by atoms with van der Waals surface area (Å²) in [4.78, 5) is 30.5. The van der Waals surface area contributed by atoms with E-state index in [0.717, 1.165) is 6.20 Å². The Morgan fingerprint density at radius 2 is 2.05 bits per heavy atom. The van der Waals surface area contributed by atoms with Gasteiger partial charge in [-0.25, -0.2) is 14.1 Å². The summed E-state index contributed by atoms with van der Waals surface area (Å²) in [6.07, 6.45) is 1.08. The molecule has 0 fully saturated rings. The van der Waals surface area contributed by atoms with Gasteiger partial charge in [0.1, 0.15) is 12.7 Å². The molecule has 100 valence electrons. The molecular weight excluding hydrogens is 303 g/mol. The Balaban J connectivity index is -0.000000853. The molecule has 19 heavy (non-hydrogen) atoms. The number of aromatic nitrogens is 2. The molecule has 0 amide bonds. The molecule has 0 unspecified atom stereocenters. The van der Waals surface area contributed by atoms with Crippen molar-refractivity contribution < 1.29 is 29.3 Å².